The summed E-state index contributed by atoms with van der Waals surface area (Å²) >= 11 is 1.15. The van der Waals surface area contributed by atoms with Gasteiger partial charge in [0, 0.05) is 37.1 Å². The molecule has 0 aliphatic carbocycles. The Hall–Kier alpha value is -2.96. The third-order valence-corrected chi connectivity index (χ3v) is 14.6. The number of thioether (sulfide) groups is 1. The van der Waals surface area contributed by atoms with Crippen LogP contribution in [0.4, 0.5) is 5.82 Å². The molecule has 2 aromatic heterocycles. The van der Waals surface area contributed by atoms with E-state index in [0.717, 1.165) is 67.5 Å². The highest BCUT2D eigenvalue weighted by Gasteiger charge is 2.50. The van der Waals surface area contributed by atoms with Gasteiger partial charge >= 0.3 is 23.5 Å². The topological polar surface area (TPSA) is 364 Å². The van der Waals surface area contributed by atoms with Crippen LogP contribution < -0.4 is 16.4 Å². The molecule has 0 aromatic carbocycles. The highest BCUT2D eigenvalue weighted by molar-refractivity contribution is 8.13. The summed E-state index contributed by atoms with van der Waals surface area (Å²) in [5.41, 5.74) is 4.29. The zero-order chi connectivity index (χ0) is 51.1. The van der Waals surface area contributed by atoms with Crippen molar-refractivity contribution in [2.45, 2.75) is 148 Å². The maximum absolute atomic E-state index is 12.7. The molecule has 10 N–H and O–H groups in total. The fourth-order valence-electron chi connectivity index (χ4n) is 6.80. The number of nitrogens with one attached hydrogen (secondary N) is 2. The van der Waals surface area contributed by atoms with Crippen LogP contribution in [-0.4, -0.2) is 123 Å². The minimum atomic E-state index is -5.58. The molecular formula is C41H70N7O17P3S. The van der Waals surface area contributed by atoms with Gasteiger partial charge in [-0.1, -0.05) is 102 Å². The van der Waals surface area contributed by atoms with Gasteiger partial charge in [0.1, 0.15) is 36.3 Å². The number of ether oxygens (including phenoxy) is 1. The Morgan fingerprint density at radius 2 is 1.52 bits per heavy atom. The minimum Gasteiger partial charge on any atom is -0.386 e. The standard InChI is InChI=1S/C41H70N7O17P3S/c1-4-5-6-7-8-9-10-11-12-13-14-15-16-17-18-19-20-21-32(50)69-25-24-43-31(49)22-23-44-39(53)36(52)41(2,3)27-62-68(59,60)65-67(57,58)61-26-30-35(64-66(54,55)56)34(51)40(63-30)48-29-47-33-37(42)45-28-46-38(33)48/h8-9,11-12,28-30,34-36,40,51-52H,4-7,10,13-27H2,1-3H3,(H,43,49)(H,44,53)(H,57,58)(H,59,60)(H2,42,45,46)(H2,54,55,56)/b9-8-,12-11-/t30-,34-,35-,36?,40-/m1/s1. The summed E-state index contributed by atoms with van der Waals surface area (Å²) in [4.78, 5) is 88.4. The predicted octanol–water partition coefficient (Wildman–Crippen LogP) is 5.26. The summed E-state index contributed by atoms with van der Waals surface area (Å²) in [6, 6.07) is 0. The van der Waals surface area contributed by atoms with E-state index in [9.17, 15) is 57.9 Å². The van der Waals surface area contributed by atoms with Gasteiger partial charge < -0.3 is 50.9 Å². The van der Waals surface area contributed by atoms with E-state index in [1.54, 1.807) is 0 Å². The molecule has 3 rings (SSSR count). The van der Waals surface area contributed by atoms with Gasteiger partial charge in [-0.15, -0.1) is 0 Å². The van der Waals surface area contributed by atoms with Crippen LogP contribution in [0.15, 0.2) is 37.0 Å². The fourth-order valence-corrected chi connectivity index (χ4v) is 10.4. The first-order chi connectivity index (χ1) is 32.6. The average molecular weight is 1060 g/mol. The van der Waals surface area contributed by atoms with E-state index < -0.39 is 84.6 Å². The largest absolute Gasteiger partial charge is 0.481 e. The van der Waals surface area contributed by atoms with E-state index in [1.165, 1.54) is 58.8 Å². The van der Waals surface area contributed by atoms with E-state index >= 15 is 0 Å². The van der Waals surface area contributed by atoms with Gasteiger partial charge in [-0.25, -0.2) is 28.6 Å². The number of phosphoric acid groups is 3. The Bertz CT molecular complexity index is 2130. The van der Waals surface area contributed by atoms with Crippen molar-refractivity contribution >= 4 is 69.1 Å². The second kappa shape index (κ2) is 30.2. The number of aromatic nitrogens is 4. The molecule has 1 fully saturated rings. The molecule has 0 saturated carbocycles. The zero-order valence-corrected chi connectivity index (χ0v) is 42.8. The number of phosphoric ester groups is 3. The van der Waals surface area contributed by atoms with Gasteiger partial charge in [-0.2, -0.15) is 4.31 Å². The number of fused-ring (bicyclic) bond motifs is 1. The van der Waals surface area contributed by atoms with Gasteiger partial charge in [0.15, 0.2) is 22.8 Å². The molecule has 7 atom stereocenters. The maximum Gasteiger partial charge on any atom is 0.481 e. The Morgan fingerprint density at radius 1 is 0.884 bits per heavy atom. The molecule has 2 aromatic rings. The van der Waals surface area contributed by atoms with Crippen molar-refractivity contribution < 1.29 is 80.5 Å². The van der Waals surface area contributed by atoms with Crippen LogP contribution >= 0.6 is 35.2 Å². The fraction of sp³-hybridized carbons (Fsp3) is 0.707. The molecular weight excluding hydrogens is 987 g/mol. The van der Waals surface area contributed by atoms with Gasteiger partial charge in [-0.3, -0.25) is 32.5 Å². The quantitative estimate of drug-likeness (QED) is 0.0241. The lowest BCUT2D eigenvalue weighted by Gasteiger charge is -2.30. The SMILES string of the molecule is CCCCC/C=C\C/C=C\CCCCCCCCCC(=O)SCCNC(=O)CCNC(=O)C(O)C(C)(C)COP(=O)(O)OP(=O)(O)OC[C@H]1O[C@@H](n2cnc3c(N)ncnc32)[C@H](O)[C@@H]1OP(=O)(O)O. The van der Waals surface area contributed by atoms with Gasteiger partial charge in [0.2, 0.25) is 11.8 Å². The third-order valence-electron chi connectivity index (χ3n) is 10.6. The van der Waals surface area contributed by atoms with Crippen molar-refractivity contribution in [3.63, 3.8) is 0 Å². The normalized spacial score (nSPS) is 20.1. The maximum atomic E-state index is 12.7. The lowest BCUT2D eigenvalue weighted by atomic mass is 9.87. The number of nitrogens with zero attached hydrogens (tertiary/aromatic N) is 4. The van der Waals surface area contributed by atoms with E-state index in [1.807, 2.05) is 0 Å². The number of anilines is 1. The van der Waals surface area contributed by atoms with Crippen LogP contribution in [0.2, 0.25) is 0 Å². The summed E-state index contributed by atoms with van der Waals surface area (Å²) in [6.45, 7) is 2.78. The molecule has 0 spiro atoms. The highest BCUT2D eigenvalue weighted by atomic mass is 32.2. The first kappa shape index (κ1) is 60.3. The Kier molecular flexibility index (Phi) is 26.4. The van der Waals surface area contributed by atoms with E-state index in [0.29, 0.717) is 12.2 Å². The number of hydrogen-bond acceptors (Lipinski definition) is 18. The molecule has 3 unspecified atom stereocenters. The number of imidazole rings is 1. The molecule has 2 amide bonds. The molecule has 69 heavy (non-hydrogen) atoms. The van der Waals surface area contributed by atoms with Crippen LogP contribution in [0.3, 0.4) is 0 Å². The number of aliphatic hydroxyl groups excluding tert-OH is 2. The number of hydrogen-bond donors (Lipinski definition) is 9. The van der Waals surface area contributed by atoms with Gasteiger partial charge in [0.05, 0.1) is 19.5 Å². The van der Waals surface area contributed by atoms with Crippen molar-refractivity contribution in [2.24, 2.45) is 5.41 Å². The summed E-state index contributed by atoms with van der Waals surface area (Å²) in [5, 5.41) is 26.7. The summed E-state index contributed by atoms with van der Waals surface area (Å²) < 4.78 is 62.5. The lowest BCUT2D eigenvalue weighted by Crippen LogP contribution is -2.46. The molecule has 3 heterocycles. The smallest absolute Gasteiger partial charge is 0.386 e. The number of carbonyl (C=O) groups is 3. The number of carbonyl (C=O) groups excluding carboxylic acids is 3. The Labute approximate surface area is 406 Å². The molecule has 24 nitrogen and oxygen atoms in total. The third kappa shape index (κ3) is 23.0. The molecule has 1 aliphatic heterocycles. The Morgan fingerprint density at radius 3 is 2.19 bits per heavy atom. The van der Waals surface area contributed by atoms with Gasteiger partial charge in [-0.05, 0) is 38.5 Å². The van der Waals surface area contributed by atoms with Crippen molar-refractivity contribution in [1.82, 2.24) is 30.2 Å². The lowest BCUT2D eigenvalue weighted by molar-refractivity contribution is -0.137. The minimum absolute atomic E-state index is 0.0327. The molecule has 28 heteroatoms. The van der Waals surface area contributed by atoms with Crippen molar-refractivity contribution in [2.75, 3.05) is 37.8 Å². The number of unbranched alkanes of at least 4 members (excludes halogenated alkanes) is 10. The first-order valence-corrected chi connectivity index (χ1v) is 28.4. The number of nitrogen functional groups attached to an aromatic ring is 1. The van der Waals surface area contributed by atoms with Gasteiger partial charge in [0.25, 0.3) is 0 Å². The monoisotopic (exact) mass is 1060 g/mol. The number of allylic oxidation sites excluding steroid dienone is 4. The number of amides is 2. The molecule has 1 aliphatic rings. The molecule has 0 radical (unpaired) electrons. The Balaban J connectivity index is 1.28. The van der Waals surface area contributed by atoms with Crippen LogP contribution in [0.5, 0.6) is 0 Å². The van der Waals surface area contributed by atoms with Crippen LogP contribution in [0, 0.1) is 5.41 Å². The van der Waals surface area contributed by atoms with Crippen LogP contribution in [-0.2, 0) is 50.7 Å². The second-order valence-electron chi connectivity index (χ2n) is 17.0. The van der Waals surface area contributed by atoms with E-state index in [-0.39, 0.29) is 41.6 Å². The van der Waals surface area contributed by atoms with Crippen molar-refractivity contribution in [3.8, 4) is 0 Å². The summed E-state index contributed by atoms with van der Waals surface area (Å²) in [5.74, 6) is -1.04. The van der Waals surface area contributed by atoms with Crippen molar-refractivity contribution in [1.29, 1.82) is 0 Å². The second-order valence-corrected chi connectivity index (χ2v) is 22.4. The van der Waals surface area contributed by atoms with Crippen molar-refractivity contribution in [3.05, 3.63) is 37.0 Å². The molecule has 1 saturated heterocycles. The highest BCUT2D eigenvalue weighted by Crippen LogP contribution is 2.61. The summed E-state index contributed by atoms with van der Waals surface area (Å²) in [7, 11) is -16.4. The summed E-state index contributed by atoms with van der Waals surface area (Å²) in [6.07, 6.45) is 17.4. The van der Waals surface area contributed by atoms with Crippen LogP contribution in [0.1, 0.15) is 123 Å². The zero-order valence-electron chi connectivity index (χ0n) is 39.3. The number of rotatable bonds is 35. The van der Waals surface area contributed by atoms with E-state index in [4.69, 9.17) is 19.5 Å². The number of nitrogens with two attached hydrogens (primary N) is 1. The van der Waals surface area contributed by atoms with Crippen LogP contribution in [0.25, 0.3) is 11.2 Å². The molecule has 392 valence electrons. The predicted molar refractivity (Wildman–Crippen MR) is 256 cm³/mol. The first-order valence-electron chi connectivity index (χ1n) is 22.9. The van der Waals surface area contributed by atoms with E-state index in [2.05, 4.69) is 65.6 Å². The number of aliphatic hydroxyl groups is 2. The molecule has 0 bridgehead atoms. The average Bonchev–Trinajstić information content (AvgIpc) is 3.84.